The minimum Gasteiger partial charge on any atom is -0.493 e. The zero-order valence-electron chi connectivity index (χ0n) is 20.6. The van der Waals surface area contributed by atoms with Gasteiger partial charge in [-0.1, -0.05) is 66.7 Å². The van der Waals surface area contributed by atoms with Crippen LogP contribution in [0.1, 0.15) is 31.0 Å². The smallest absolute Gasteiger partial charge is 0.338 e. The zero-order valence-corrected chi connectivity index (χ0v) is 22.9. The lowest BCUT2D eigenvalue weighted by molar-refractivity contribution is -0.138. The molecule has 1 N–H and O–H groups in total. The predicted octanol–water partition coefficient (Wildman–Crippen LogP) is 6.30. The van der Waals surface area contributed by atoms with Crippen molar-refractivity contribution in [3.63, 3.8) is 0 Å². The van der Waals surface area contributed by atoms with Gasteiger partial charge in [0.1, 0.15) is 19.3 Å². The third-order valence-corrected chi connectivity index (χ3v) is 7.02. The molecule has 3 aromatic rings. The number of carbonyl (C=O) groups is 1. The number of rotatable bonds is 10. The number of nitrogens with one attached hydrogen (secondary N) is 1. The van der Waals surface area contributed by atoms with Gasteiger partial charge in [0.25, 0.3) is 0 Å². The zero-order chi connectivity index (χ0) is 26.5. The molecule has 37 heavy (non-hydrogen) atoms. The van der Waals surface area contributed by atoms with E-state index in [1.807, 2.05) is 26.0 Å². The van der Waals surface area contributed by atoms with Crippen LogP contribution in [0, 0.1) is 0 Å². The number of anilines is 1. The Hall–Kier alpha value is -3.14. The van der Waals surface area contributed by atoms with E-state index >= 15 is 0 Å². The molecule has 0 radical (unpaired) electrons. The first-order chi connectivity index (χ1) is 17.9. The first kappa shape index (κ1) is 26.9. The molecule has 1 aliphatic rings. The molecule has 0 aliphatic carbocycles. The highest BCUT2D eigenvalue weighted by Gasteiger charge is 2.35. The molecule has 0 fully saturated rings. The van der Waals surface area contributed by atoms with Crippen molar-refractivity contribution in [1.82, 2.24) is 14.8 Å². The van der Waals surface area contributed by atoms with Crippen molar-refractivity contribution in [2.75, 3.05) is 24.8 Å². The average molecular weight is 561 g/mol. The van der Waals surface area contributed by atoms with Crippen LogP contribution < -0.4 is 14.8 Å². The van der Waals surface area contributed by atoms with Crippen molar-refractivity contribution in [2.45, 2.75) is 31.7 Å². The minimum atomic E-state index is -0.603. The second-order valence-electron chi connectivity index (χ2n) is 7.95. The number of methoxy groups -OCH3 is 1. The van der Waals surface area contributed by atoms with Gasteiger partial charge in [-0.15, -0.1) is 5.10 Å². The van der Waals surface area contributed by atoms with E-state index in [1.165, 1.54) is 17.8 Å². The molecule has 2 heterocycles. The van der Waals surface area contributed by atoms with Gasteiger partial charge in [-0.2, -0.15) is 4.98 Å². The van der Waals surface area contributed by atoms with Crippen LogP contribution in [0.4, 0.5) is 5.95 Å². The number of carbonyl (C=O) groups excluding carboxylic acids is 1. The van der Waals surface area contributed by atoms with Crippen LogP contribution in [-0.2, 0) is 16.1 Å². The number of hydrogen-bond acceptors (Lipinski definition) is 8. The van der Waals surface area contributed by atoms with E-state index in [1.54, 1.807) is 36.1 Å². The number of fused-ring (bicyclic) bond motifs is 1. The van der Waals surface area contributed by atoms with Gasteiger partial charge in [-0.25, -0.2) is 9.48 Å². The number of halogens is 2. The van der Waals surface area contributed by atoms with Gasteiger partial charge in [0.15, 0.2) is 11.5 Å². The lowest BCUT2D eigenvalue weighted by atomic mass is 9.95. The van der Waals surface area contributed by atoms with E-state index < -0.39 is 12.0 Å². The average Bonchev–Trinajstić information content (AvgIpc) is 3.28. The Kier molecular flexibility index (Phi) is 8.68. The molecule has 0 amide bonds. The van der Waals surface area contributed by atoms with Gasteiger partial charge < -0.3 is 19.5 Å². The van der Waals surface area contributed by atoms with E-state index in [4.69, 9.17) is 37.4 Å². The second kappa shape index (κ2) is 11.9. The fraction of sp³-hybridized carbons (Fsp3) is 0.269. The summed E-state index contributed by atoms with van der Waals surface area (Å²) in [5.74, 6) is 1.83. The monoisotopic (exact) mass is 560 g/mol. The number of allylic oxidation sites excluding steroid dienone is 1. The minimum absolute atomic E-state index is 0.0875. The highest BCUT2D eigenvalue weighted by molar-refractivity contribution is 7.99. The second-order valence-corrected chi connectivity index (χ2v) is 9.99. The number of aromatic nitrogens is 3. The summed E-state index contributed by atoms with van der Waals surface area (Å²) < 4.78 is 18.8. The molecule has 194 valence electrons. The summed E-state index contributed by atoms with van der Waals surface area (Å²) in [7, 11) is 1.55. The van der Waals surface area contributed by atoms with Gasteiger partial charge in [-0.3, -0.25) is 0 Å². The number of benzene rings is 2. The lowest BCUT2D eigenvalue weighted by Crippen LogP contribution is -2.29. The van der Waals surface area contributed by atoms with Crippen molar-refractivity contribution in [3.05, 3.63) is 81.5 Å². The maximum absolute atomic E-state index is 13.1. The van der Waals surface area contributed by atoms with Crippen molar-refractivity contribution in [3.8, 4) is 11.5 Å². The standard InChI is InChI=1S/C26H26Cl2N4O4S/c1-5-12-35-24(33)22-15(3)29-25-30-26(37-6-2)31-32(25)23(22)16-10-11-20(21(13-16)34-4)36-14-17-18(27)8-7-9-19(17)28/h5,7-11,13,23H,1,6,12,14H2,2-4H3,(H,29,30,31). The summed E-state index contributed by atoms with van der Waals surface area (Å²) in [5.41, 5.74) is 2.45. The maximum Gasteiger partial charge on any atom is 0.338 e. The highest BCUT2D eigenvalue weighted by Crippen LogP contribution is 2.40. The molecular formula is C26H26Cl2N4O4S. The molecule has 1 aliphatic heterocycles. The largest absolute Gasteiger partial charge is 0.493 e. The molecule has 11 heteroatoms. The van der Waals surface area contributed by atoms with Gasteiger partial charge >= 0.3 is 5.97 Å². The third kappa shape index (κ3) is 5.74. The van der Waals surface area contributed by atoms with Crippen molar-refractivity contribution in [2.24, 2.45) is 0 Å². The predicted molar refractivity (Wildman–Crippen MR) is 146 cm³/mol. The molecule has 8 nitrogen and oxygen atoms in total. The van der Waals surface area contributed by atoms with Crippen LogP contribution in [0.25, 0.3) is 0 Å². The van der Waals surface area contributed by atoms with Gasteiger partial charge in [0.05, 0.1) is 12.7 Å². The molecule has 1 unspecified atom stereocenters. The van der Waals surface area contributed by atoms with Crippen molar-refractivity contribution >= 4 is 46.9 Å². The van der Waals surface area contributed by atoms with Crippen LogP contribution in [0.15, 0.2) is 65.5 Å². The topological polar surface area (TPSA) is 87.5 Å². The number of hydrogen-bond donors (Lipinski definition) is 1. The van der Waals surface area contributed by atoms with E-state index in [0.29, 0.717) is 49.5 Å². The van der Waals surface area contributed by atoms with Gasteiger partial charge in [0.2, 0.25) is 11.1 Å². The van der Waals surface area contributed by atoms with Crippen LogP contribution in [-0.4, -0.2) is 40.2 Å². The molecule has 0 spiro atoms. The molecule has 2 aromatic carbocycles. The first-order valence-electron chi connectivity index (χ1n) is 11.5. The van der Waals surface area contributed by atoms with E-state index in [2.05, 4.69) is 22.0 Å². The summed E-state index contributed by atoms with van der Waals surface area (Å²) in [5, 5.41) is 9.48. The van der Waals surface area contributed by atoms with Gasteiger partial charge in [-0.05, 0) is 42.5 Å². The number of nitrogens with zero attached hydrogens (tertiary/aromatic N) is 3. The quantitative estimate of drug-likeness (QED) is 0.175. The Morgan fingerprint density at radius 3 is 2.68 bits per heavy atom. The molecular weight excluding hydrogens is 535 g/mol. The Balaban J connectivity index is 1.72. The third-order valence-electron chi connectivity index (χ3n) is 5.60. The molecule has 1 aromatic heterocycles. The van der Waals surface area contributed by atoms with Crippen molar-refractivity contribution in [1.29, 1.82) is 0 Å². The first-order valence-corrected chi connectivity index (χ1v) is 13.2. The van der Waals surface area contributed by atoms with Crippen LogP contribution in [0.5, 0.6) is 11.5 Å². The molecule has 4 rings (SSSR count). The summed E-state index contributed by atoms with van der Waals surface area (Å²) in [6.07, 6.45) is 1.52. The Labute approximate surface area is 229 Å². The fourth-order valence-corrected chi connectivity index (χ4v) is 4.96. The van der Waals surface area contributed by atoms with E-state index in [9.17, 15) is 4.79 Å². The summed E-state index contributed by atoms with van der Waals surface area (Å²) in [6, 6.07) is 10.1. The molecule has 0 saturated heterocycles. The normalized spacial score (nSPS) is 14.6. The Morgan fingerprint density at radius 2 is 2.00 bits per heavy atom. The Morgan fingerprint density at radius 1 is 1.24 bits per heavy atom. The number of ether oxygens (including phenoxy) is 3. The van der Waals surface area contributed by atoms with E-state index in [0.717, 1.165) is 11.3 Å². The van der Waals surface area contributed by atoms with E-state index in [-0.39, 0.29) is 13.2 Å². The number of thioether (sulfide) groups is 1. The maximum atomic E-state index is 13.1. The molecule has 0 saturated carbocycles. The van der Waals surface area contributed by atoms with Gasteiger partial charge in [0, 0.05) is 21.3 Å². The molecule has 0 bridgehead atoms. The summed E-state index contributed by atoms with van der Waals surface area (Å²) in [4.78, 5) is 17.7. The van der Waals surface area contributed by atoms with Crippen LogP contribution in [0.2, 0.25) is 10.0 Å². The fourth-order valence-electron chi connectivity index (χ4n) is 3.90. The SMILES string of the molecule is C=CCOC(=O)C1=C(C)Nc2nc(SCC)nn2C1c1ccc(OCc2c(Cl)cccc2Cl)c(OC)c1. The lowest BCUT2D eigenvalue weighted by Gasteiger charge is -2.28. The Bertz CT molecular complexity index is 1340. The van der Waals surface area contributed by atoms with Crippen LogP contribution in [0.3, 0.4) is 0 Å². The highest BCUT2D eigenvalue weighted by atomic mass is 35.5. The van der Waals surface area contributed by atoms with Crippen molar-refractivity contribution < 1.29 is 19.0 Å². The number of esters is 1. The molecule has 1 atom stereocenters. The van der Waals surface area contributed by atoms with Crippen LogP contribution >= 0.6 is 35.0 Å². The summed E-state index contributed by atoms with van der Waals surface area (Å²) in [6.45, 7) is 7.71. The summed E-state index contributed by atoms with van der Waals surface area (Å²) >= 11 is 14.1.